The van der Waals surface area contributed by atoms with Crippen LogP contribution in [0.15, 0.2) is 11.4 Å². The van der Waals surface area contributed by atoms with Gasteiger partial charge in [-0.1, -0.05) is 0 Å². The molecular weight excluding hydrogens is 164 g/mol. The average molecular weight is 172 g/mol. The summed E-state index contributed by atoms with van der Waals surface area (Å²) in [6.07, 6.45) is 0. The molecule has 0 bridgehead atoms. The third-order valence-electron chi connectivity index (χ3n) is 1.16. The highest BCUT2D eigenvalue weighted by Gasteiger charge is 2.02. The summed E-state index contributed by atoms with van der Waals surface area (Å²) in [7, 11) is 0. The Kier molecular flexibility index (Phi) is 2.48. The van der Waals surface area contributed by atoms with Gasteiger partial charge in [0.1, 0.15) is 5.75 Å². The van der Waals surface area contributed by atoms with E-state index < -0.39 is 5.97 Å². The van der Waals surface area contributed by atoms with Gasteiger partial charge in [-0.05, 0) is 18.4 Å². The second kappa shape index (κ2) is 3.39. The topological polar surface area (TPSA) is 46.5 Å². The molecule has 60 valence electrons. The molecule has 1 aromatic rings. The first-order valence-electron chi connectivity index (χ1n) is 3.09. The zero-order valence-electron chi connectivity index (χ0n) is 6.03. The highest BCUT2D eigenvalue weighted by Crippen LogP contribution is 2.22. The SMILES string of the molecule is Cc1sccc1OCC(=O)O. The largest absolute Gasteiger partial charge is 0.481 e. The van der Waals surface area contributed by atoms with E-state index in [4.69, 9.17) is 9.84 Å². The van der Waals surface area contributed by atoms with Crippen molar-refractivity contribution in [2.45, 2.75) is 6.92 Å². The van der Waals surface area contributed by atoms with E-state index in [0.717, 1.165) is 4.88 Å². The number of rotatable bonds is 3. The van der Waals surface area contributed by atoms with Gasteiger partial charge < -0.3 is 9.84 Å². The van der Waals surface area contributed by atoms with Crippen LogP contribution in [0.25, 0.3) is 0 Å². The number of hydrogen-bond acceptors (Lipinski definition) is 3. The molecule has 0 aliphatic heterocycles. The van der Waals surface area contributed by atoms with Crippen molar-refractivity contribution in [3.05, 3.63) is 16.3 Å². The Morgan fingerprint density at radius 2 is 2.55 bits per heavy atom. The molecule has 1 aromatic heterocycles. The van der Waals surface area contributed by atoms with Crippen molar-refractivity contribution in [2.24, 2.45) is 0 Å². The van der Waals surface area contributed by atoms with E-state index in [1.165, 1.54) is 11.3 Å². The van der Waals surface area contributed by atoms with E-state index >= 15 is 0 Å². The van der Waals surface area contributed by atoms with Gasteiger partial charge in [-0.25, -0.2) is 4.79 Å². The van der Waals surface area contributed by atoms with Crippen LogP contribution in [0.5, 0.6) is 5.75 Å². The zero-order valence-corrected chi connectivity index (χ0v) is 6.85. The minimum atomic E-state index is -0.949. The van der Waals surface area contributed by atoms with E-state index in [1.807, 2.05) is 12.3 Å². The minimum absolute atomic E-state index is 0.266. The highest BCUT2D eigenvalue weighted by molar-refractivity contribution is 7.10. The molecule has 11 heavy (non-hydrogen) atoms. The summed E-state index contributed by atoms with van der Waals surface area (Å²) >= 11 is 1.54. The lowest BCUT2D eigenvalue weighted by Crippen LogP contribution is -2.09. The van der Waals surface area contributed by atoms with Crippen molar-refractivity contribution in [3.8, 4) is 5.75 Å². The molecular formula is C7H8O3S. The Balaban J connectivity index is 2.51. The average Bonchev–Trinajstić information content (AvgIpc) is 2.31. The fourth-order valence-corrected chi connectivity index (χ4v) is 1.30. The van der Waals surface area contributed by atoms with Crippen LogP contribution >= 0.6 is 11.3 Å². The van der Waals surface area contributed by atoms with Crippen LogP contribution in [-0.2, 0) is 4.79 Å². The number of carboxylic acids is 1. The quantitative estimate of drug-likeness (QED) is 0.751. The number of hydrogen-bond donors (Lipinski definition) is 1. The van der Waals surface area contributed by atoms with Gasteiger partial charge >= 0.3 is 5.97 Å². The van der Waals surface area contributed by atoms with E-state index in [2.05, 4.69) is 0 Å². The fourth-order valence-electron chi connectivity index (χ4n) is 0.663. The molecule has 0 radical (unpaired) electrons. The lowest BCUT2D eigenvalue weighted by atomic mass is 10.5. The Morgan fingerprint density at radius 3 is 3.00 bits per heavy atom. The zero-order chi connectivity index (χ0) is 8.27. The number of aliphatic carboxylic acids is 1. The summed E-state index contributed by atoms with van der Waals surface area (Å²) in [5.74, 6) is -0.284. The maximum atomic E-state index is 10.1. The molecule has 4 heteroatoms. The van der Waals surface area contributed by atoms with Crippen LogP contribution in [-0.4, -0.2) is 17.7 Å². The summed E-state index contributed by atoms with van der Waals surface area (Å²) in [6.45, 7) is 1.62. The molecule has 3 nitrogen and oxygen atoms in total. The van der Waals surface area contributed by atoms with Gasteiger partial charge in [-0.15, -0.1) is 11.3 Å². The second-order valence-electron chi connectivity index (χ2n) is 2.02. The number of carboxylic acid groups (broad SMARTS) is 1. The van der Waals surface area contributed by atoms with E-state index in [1.54, 1.807) is 6.07 Å². The summed E-state index contributed by atoms with van der Waals surface area (Å²) < 4.78 is 4.95. The lowest BCUT2D eigenvalue weighted by Gasteiger charge is -1.99. The lowest BCUT2D eigenvalue weighted by molar-refractivity contribution is -0.139. The normalized spacial score (nSPS) is 9.55. The van der Waals surface area contributed by atoms with Crippen molar-refractivity contribution in [1.82, 2.24) is 0 Å². The van der Waals surface area contributed by atoms with Gasteiger partial charge in [0.25, 0.3) is 0 Å². The molecule has 0 amide bonds. The van der Waals surface area contributed by atoms with Gasteiger partial charge in [-0.2, -0.15) is 0 Å². The van der Waals surface area contributed by atoms with E-state index in [9.17, 15) is 4.79 Å². The van der Waals surface area contributed by atoms with Crippen LogP contribution < -0.4 is 4.74 Å². The highest BCUT2D eigenvalue weighted by atomic mass is 32.1. The van der Waals surface area contributed by atoms with Crippen molar-refractivity contribution >= 4 is 17.3 Å². The molecule has 1 rings (SSSR count). The summed E-state index contributed by atoms with van der Waals surface area (Å²) in [5.41, 5.74) is 0. The monoisotopic (exact) mass is 172 g/mol. The predicted molar refractivity (Wildman–Crippen MR) is 42.2 cm³/mol. The van der Waals surface area contributed by atoms with Gasteiger partial charge in [0.05, 0.1) is 0 Å². The Labute approximate surface area is 68.2 Å². The molecule has 0 fully saturated rings. The molecule has 1 heterocycles. The molecule has 0 aliphatic carbocycles. The van der Waals surface area contributed by atoms with Gasteiger partial charge in [-0.3, -0.25) is 0 Å². The van der Waals surface area contributed by atoms with Crippen LogP contribution in [0, 0.1) is 6.92 Å². The Bertz CT molecular complexity index is 254. The number of thiophene rings is 1. The minimum Gasteiger partial charge on any atom is -0.481 e. The molecule has 0 spiro atoms. The summed E-state index contributed by atoms with van der Waals surface area (Å²) in [4.78, 5) is 11.1. The van der Waals surface area contributed by atoms with Crippen molar-refractivity contribution in [3.63, 3.8) is 0 Å². The maximum Gasteiger partial charge on any atom is 0.341 e. The molecule has 0 saturated heterocycles. The summed E-state index contributed by atoms with van der Waals surface area (Å²) in [5, 5.41) is 10.1. The number of ether oxygens (including phenoxy) is 1. The molecule has 0 atom stereocenters. The third-order valence-corrected chi connectivity index (χ3v) is 1.99. The van der Waals surface area contributed by atoms with Gasteiger partial charge in [0.2, 0.25) is 0 Å². The standard InChI is InChI=1S/C7H8O3S/c1-5-6(2-3-11-5)10-4-7(8)9/h2-3H,4H2,1H3,(H,8,9). The third kappa shape index (κ3) is 2.23. The summed E-state index contributed by atoms with van der Waals surface area (Å²) in [6, 6.07) is 1.77. The predicted octanol–water partition coefficient (Wildman–Crippen LogP) is 1.52. The van der Waals surface area contributed by atoms with Crippen molar-refractivity contribution in [1.29, 1.82) is 0 Å². The number of carbonyl (C=O) groups is 1. The first kappa shape index (κ1) is 8.07. The molecule has 1 N–H and O–H groups in total. The molecule has 0 aliphatic rings. The molecule has 0 unspecified atom stereocenters. The fraction of sp³-hybridized carbons (Fsp3) is 0.286. The van der Waals surface area contributed by atoms with Crippen molar-refractivity contribution in [2.75, 3.05) is 6.61 Å². The molecule has 0 saturated carbocycles. The van der Waals surface area contributed by atoms with Gasteiger partial charge in [0, 0.05) is 4.88 Å². The Morgan fingerprint density at radius 1 is 1.82 bits per heavy atom. The van der Waals surface area contributed by atoms with Gasteiger partial charge in [0.15, 0.2) is 6.61 Å². The van der Waals surface area contributed by atoms with Crippen molar-refractivity contribution < 1.29 is 14.6 Å². The van der Waals surface area contributed by atoms with E-state index in [0.29, 0.717) is 5.75 Å². The second-order valence-corrected chi connectivity index (χ2v) is 3.14. The van der Waals surface area contributed by atoms with Crippen LogP contribution in [0.4, 0.5) is 0 Å². The van der Waals surface area contributed by atoms with E-state index in [-0.39, 0.29) is 6.61 Å². The maximum absolute atomic E-state index is 10.1. The van der Waals surface area contributed by atoms with Crippen LogP contribution in [0.2, 0.25) is 0 Å². The Hall–Kier alpha value is -1.03. The van der Waals surface area contributed by atoms with Crippen LogP contribution in [0.1, 0.15) is 4.88 Å². The number of aryl methyl sites for hydroxylation is 1. The first-order chi connectivity index (χ1) is 5.20. The first-order valence-corrected chi connectivity index (χ1v) is 3.97. The smallest absolute Gasteiger partial charge is 0.341 e. The molecule has 0 aromatic carbocycles. The van der Waals surface area contributed by atoms with Crippen LogP contribution in [0.3, 0.4) is 0 Å².